The molecule has 1 saturated heterocycles. The lowest BCUT2D eigenvalue weighted by molar-refractivity contribution is 0.0940. The van der Waals surface area contributed by atoms with Crippen LogP contribution in [0.1, 0.15) is 23.3 Å². The summed E-state index contributed by atoms with van der Waals surface area (Å²) in [4.78, 5) is 15.2. The summed E-state index contributed by atoms with van der Waals surface area (Å²) in [6, 6.07) is 13.8. The highest BCUT2D eigenvalue weighted by atomic mass is 79.9. The first-order valence-electron chi connectivity index (χ1n) is 9.68. The van der Waals surface area contributed by atoms with Gasteiger partial charge in [0, 0.05) is 13.1 Å². The van der Waals surface area contributed by atoms with Crippen molar-refractivity contribution in [1.82, 2.24) is 14.8 Å². The van der Waals surface area contributed by atoms with Gasteiger partial charge in [-0.3, -0.25) is 4.79 Å². The molecule has 0 atom stereocenters. The van der Waals surface area contributed by atoms with E-state index >= 15 is 0 Å². The normalized spacial score (nSPS) is 14.6. The number of benzene rings is 1. The molecule has 3 aromatic rings. The van der Waals surface area contributed by atoms with E-state index in [-0.39, 0.29) is 5.91 Å². The zero-order valence-corrected chi connectivity index (χ0v) is 18.1. The van der Waals surface area contributed by atoms with Crippen LogP contribution in [-0.2, 0) is 6.54 Å². The molecule has 5 nitrogen and oxygen atoms in total. The molecule has 4 rings (SSSR count). The third-order valence-electron chi connectivity index (χ3n) is 5.03. The average molecular weight is 462 g/mol. The molecule has 1 aliphatic rings. The first-order valence-corrected chi connectivity index (χ1v) is 11.3. The molecule has 148 valence electrons. The van der Waals surface area contributed by atoms with Crippen LogP contribution in [0.5, 0.6) is 5.75 Å². The lowest BCUT2D eigenvalue weighted by Gasteiger charge is -2.15. The molecule has 3 heterocycles. The number of hydrogen-bond donors (Lipinski definition) is 1. The van der Waals surface area contributed by atoms with Gasteiger partial charge in [-0.15, -0.1) is 11.3 Å². The number of likely N-dealkylation sites (tertiary alicyclic amines) is 1. The number of carbonyl (C=O) groups is 1. The Bertz CT molecular complexity index is 932. The van der Waals surface area contributed by atoms with Gasteiger partial charge in [0.05, 0.1) is 20.5 Å². The van der Waals surface area contributed by atoms with E-state index < -0.39 is 0 Å². The zero-order valence-electron chi connectivity index (χ0n) is 15.7. The van der Waals surface area contributed by atoms with Crippen LogP contribution < -0.4 is 10.1 Å². The molecule has 0 aliphatic carbocycles. The monoisotopic (exact) mass is 461 g/mol. The van der Waals surface area contributed by atoms with Crippen LogP contribution in [0.15, 0.2) is 46.3 Å². The molecular formula is C21H24BrN3O2S. The Hall–Kier alpha value is -1.83. The van der Waals surface area contributed by atoms with Crippen LogP contribution in [-0.4, -0.2) is 48.2 Å². The predicted octanol–water partition coefficient (Wildman–Crippen LogP) is 4.37. The van der Waals surface area contributed by atoms with Crippen molar-refractivity contribution < 1.29 is 9.53 Å². The minimum atomic E-state index is -0.0153. The SMILES string of the molecule is O=C(NCCN1CCCC1)c1cc2sc(Br)cc2n1CCOc1ccccc1. The number of nitrogens with zero attached hydrogens (tertiary/aromatic N) is 2. The number of thiophene rings is 1. The van der Waals surface area contributed by atoms with Crippen molar-refractivity contribution in [2.24, 2.45) is 0 Å². The number of ether oxygens (including phenoxy) is 1. The summed E-state index contributed by atoms with van der Waals surface area (Å²) in [7, 11) is 0. The number of para-hydroxylation sites is 1. The van der Waals surface area contributed by atoms with Crippen molar-refractivity contribution in [3.05, 3.63) is 51.9 Å². The van der Waals surface area contributed by atoms with Crippen molar-refractivity contribution >= 4 is 43.4 Å². The number of rotatable bonds is 8. The minimum Gasteiger partial charge on any atom is -0.492 e. The quantitative estimate of drug-likeness (QED) is 0.541. The lowest BCUT2D eigenvalue weighted by atomic mass is 10.3. The minimum absolute atomic E-state index is 0.0153. The van der Waals surface area contributed by atoms with E-state index in [1.165, 1.54) is 12.8 Å². The smallest absolute Gasteiger partial charge is 0.268 e. The van der Waals surface area contributed by atoms with Crippen LogP contribution >= 0.6 is 27.3 Å². The topological polar surface area (TPSA) is 46.5 Å². The van der Waals surface area contributed by atoms with Gasteiger partial charge in [0.15, 0.2) is 0 Å². The third kappa shape index (κ3) is 4.59. The van der Waals surface area contributed by atoms with Crippen molar-refractivity contribution in [3.63, 3.8) is 0 Å². The van der Waals surface area contributed by atoms with Gasteiger partial charge in [0.2, 0.25) is 0 Å². The molecule has 0 saturated carbocycles. The number of hydrogen-bond acceptors (Lipinski definition) is 4. The van der Waals surface area contributed by atoms with Crippen LogP contribution in [0.2, 0.25) is 0 Å². The van der Waals surface area contributed by atoms with Gasteiger partial charge in [-0.1, -0.05) is 18.2 Å². The average Bonchev–Trinajstić information content (AvgIpc) is 3.40. The van der Waals surface area contributed by atoms with Crippen LogP contribution in [0.3, 0.4) is 0 Å². The van der Waals surface area contributed by atoms with Gasteiger partial charge >= 0.3 is 0 Å². The molecule has 0 unspecified atom stereocenters. The highest BCUT2D eigenvalue weighted by Gasteiger charge is 2.18. The number of fused-ring (bicyclic) bond motifs is 1. The highest BCUT2D eigenvalue weighted by Crippen LogP contribution is 2.32. The standard InChI is InChI=1S/C21H24BrN3O2S/c22-20-15-17-19(28-20)14-18(21(26)23-8-11-24-9-4-5-10-24)25(17)12-13-27-16-6-2-1-3-7-16/h1-3,6-7,14-15H,4-5,8-13H2,(H,23,26). The Labute approximate surface area is 177 Å². The molecule has 1 fully saturated rings. The van der Waals surface area contributed by atoms with Gasteiger partial charge in [-0.05, 0) is 66.1 Å². The molecule has 0 radical (unpaired) electrons. The Balaban J connectivity index is 1.43. The van der Waals surface area contributed by atoms with Crippen molar-refractivity contribution in [2.75, 3.05) is 32.8 Å². The van der Waals surface area contributed by atoms with E-state index in [4.69, 9.17) is 4.74 Å². The first-order chi connectivity index (χ1) is 13.7. The highest BCUT2D eigenvalue weighted by molar-refractivity contribution is 9.11. The Morgan fingerprint density at radius 1 is 1.14 bits per heavy atom. The summed E-state index contributed by atoms with van der Waals surface area (Å²) in [5.74, 6) is 0.826. The maximum absolute atomic E-state index is 12.8. The second kappa shape index (κ2) is 9.11. The van der Waals surface area contributed by atoms with E-state index in [9.17, 15) is 4.79 Å². The van der Waals surface area contributed by atoms with Gasteiger partial charge in [0.1, 0.15) is 18.1 Å². The summed E-state index contributed by atoms with van der Waals surface area (Å²) in [6.45, 7) is 5.02. The van der Waals surface area contributed by atoms with Crippen LogP contribution in [0, 0.1) is 0 Å². The molecule has 0 spiro atoms. The van der Waals surface area contributed by atoms with E-state index in [1.807, 2.05) is 36.4 Å². The molecule has 1 amide bonds. The van der Waals surface area contributed by atoms with E-state index in [0.29, 0.717) is 25.4 Å². The van der Waals surface area contributed by atoms with Gasteiger partial charge in [0.25, 0.3) is 5.91 Å². The van der Waals surface area contributed by atoms with Crippen molar-refractivity contribution in [2.45, 2.75) is 19.4 Å². The Morgan fingerprint density at radius 3 is 2.71 bits per heavy atom. The molecular weight excluding hydrogens is 438 g/mol. The van der Waals surface area contributed by atoms with Crippen LogP contribution in [0.25, 0.3) is 10.2 Å². The second-order valence-corrected chi connectivity index (χ2v) is 9.41. The number of halogens is 1. The van der Waals surface area contributed by atoms with Gasteiger partial charge < -0.3 is 19.5 Å². The summed E-state index contributed by atoms with van der Waals surface area (Å²) >= 11 is 5.20. The van der Waals surface area contributed by atoms with Crippen LogP contribution in [0.4, 0.5) is 0 Å². The number of amides is 1. The number of aromatic nitrogens is 1. The third-order valence-corrected chi connectivity index (χ3v) is 6.61. The number of nitrogens with one attached hydrogen (secondary N) is 1. The first kappa shape index (κ1) is 19.5. The molecule has 28 heavy (non-hydrogen) atoms. The fourth-order valence-electron chi connectivity index (χ4n) is 3.64. The van der Waals surface area contributed by atoms with Gasteiger partial charge in [-0.2, -0.15) is 0 Å². The zero-order chi connectivity index (χ0) is 19.3. The summed E-state index contributed by atoms with van der Waals surface area (Å²) in [6.07, 6.45) is 2.53. The Morgan fingerprint density at radius 2 is 1.93 bits per heavy atom. The molecule has 1 aromatic carbocycles. The van der Waals surface area contributed by atoms with E-state index in [1.54, 1.807) is 11.3 Å². The summed E-state index contributed by atoms with van der Waals surface area (Å²) in [5.41, 5.74) is 1.77. The summed E-state index contributed by atoms with van der Waals surface area (Å²) < 4.78 is 10.1. The fourth-order valence-corrected chi connectivity index (χ4v) is 5.20. The van der Waals surface area contributed by atoms with E-state index in [0.717, 1.165) is 39.4 Å². The maximum atomic E-state index is 12.8. The molecule has 2 aromatic heterocycles. The molecule has 1 aliphatic heterocycles. The second-order valence-electron chi connectivity index (χ2n) is 6.95. The van der Waals surface area contributed by atoms with E-state index in [2.05, 4.69) is 36.8 Å². The van der Waals surface area contributed by atoms with Gasteiger partial charge in [-0.25, -0.2) is 0 Å². The lowest BCUT2D eigenvalue weighted by Crippen LogP contribution is -2.34. The fraction of sp³-hybridized carbons (Fsp3) is 0.381. The molecule has 1 N–H and O–H groups in total. The largest absolute Gasteiger partial charge is 0.492 e. The Kier molecular flexibility index (Phi) is 6.34. The van der Waals surface area contributed by atoms with Crippen molar-refractivity contribution in [3.8, 4) is 5.75 Å². The molecule has 7 heteroatoms. The predicted molar refractivity (Wildman–Crippen MR) is 117 cm³/mol. The molecule has 0 bridgehead atoms. The number of carbonyl (C=O) groups excluding carboxylic acids is 1. The van der Waals surface area contributed by atoms with Crippen molar-refractivity contribution in [1.29, 1.82) is 0 Å². The summed E-state index contributed by atoms with van der Waals surface area (Å²) in [5, 5.41) is 3.09. The maximum Gasteiger partial charge on any atom is 0.268 e.